The lowest BCUT2D eigenvalue weighted by atomic mass is 10.0. The molecule has 18 heavy (non-hydrogen) atoms. The van der Waals surface area contributed by atoms with Gasteiger partial charge in [0.1, 0.15) is 5.76 Å². The monoisotopic (exact) mass is 316 g/mol. The molecule has 0 aliphatic carbocycles. The molecule has 3 nitrogen and oxygen atoms in total. The molecular weight excluding hydrogens is 306 g/mol. The van der Waals surface area contributed by atoms with Gasteiger partial charge in [0.2, 0.25) is 0 Å². The number of nitrogens with one attached hydrogen (secondary N) is 1. The minimum atomic E-state index is -0.873. The Morgan fingerprint density at radius 3 is 2.72 bits per heavy atom. The predicted octanol–water partition coefficient (Wildman–Crippen LogP) is 3.07. The number of benzene rings is 1. The van der Waals surface area contributed by atoms with Crippen LogP contribution in [0.15, 0.2) is 39.4 Å². The molecule has 3 N–H and O–H groups in total. The van der Waals surface area contributed by atoms with Crippen LogP contribution in [0.25, 0.3) is 0 Å². The molecule has 1 unspecified atom stereocenters. The van der Waals surface area contributed by atoms with E-state index in [4.69, 9.17) is 10.3 Å². The van der Waals surface area contributed by atoms with Crippen molar-refractivity contribution in [3.8, 4) is 0 Å². The van der Waals surface area contributed by atoms with E-state index in [2.05, 4.69) is 21.4 Å². The second-order valence-corrected chi connectivity index (χ2v) is 4.62. The molecule has 0 saturated heterocycles. The first kappa shape index (κ1) is 13.2. The SMILES string of the molecule is NNC(Cc1cccc(F)c1F)c1occc1Br. The molecule has 0 saturated carbocycles. The summed E-state index contributed by atoms with van der Waals surface area (Å²) in [6.07, 6.45) is 1.68. The molecule has 0 radical (unpaired) electrons. The zero-order valence-corrected chi connectivity index (χ0v) is 10.9. The summed E-state index contributed by atoms with van der Waals surface area (Å²) >= 11 is 3.30. The first-order chi connectivity index (χ1) is 8.63. The number of halogens is 3. The smallest absolute Gasteiger partial charge is 0.162 e. The van der Waals surface area contributed by atoms with E-state index in [1.165, 1.54) is 18.4 Å². The molecule has 6 heteroatoms. The van der Waals surface area contributed by atoms with E-state index in [1.54, 1.807) is 6.07 Å². The van der Waals surface area contributed by atoms with Crippen LogP contribution < -0.4 is 11.3 Å². The second-order valence-electron chi connectivity index (χ2n) is 3.77. The Bertz CT molecular complexity index is 545. The van der Waals surface area contributed by atoms with Gasteiger partial charge in [0.15, 0.2) is 11.6 Å². The van der Waals surface area contributed by atoms with Gasteiger partial charge in [0.05, 0.1) is 16.8 Å². The average Bonchev–Trinajstić information content (AvgIpc) is 2.77. The van der Waals surface area contributed by atoms with E-state index >= 15 is 0 Å². The van der Waals surface area contributed by atoms with Gasteiger partial charge in [0.25, 0.3) is 0 Å². The first-order valence-electron chi connectivity index (χ1n) is 5.25. The number of rotatable bonds is 4. The molecule has 0 aliphatic rings. The number of hydrazine groups is 1. The normalized spacial score (nSPS) is 12.7. The maximum Gasteiger partial charge on any atom is 0.162 e. The summed E-state index contributed by atoms with van der Waals surface area (Å²) < 4.78 is 32.6. The van der Waals surface area contributed by atoms with Crippen molar-refractivity contribution in [3.63, 3.8) is 0 Å². The lowest BCUT2D eigenvalue weighted by molar-refractivity contribution is 0.406. The molecule has 0 fully saturated rings. The van der Waals surface area contributed by atoms with E-state index in [9.17, 15) is 8.78 Å². The molecule has 96 valence electrons. The highest BCUT2D eigenvalue weighted by Crippen LogP contribution is 2.27. The van der Waals surface area contributed by atoms with Crippen molar-refractivity contribution in [3.05, 3.63) is 58.0 Å². The number of nitrogens with two attached hydrogens (primary N) is 1. The van der Waals surface area contributed by atoms with Crippen molar-refractivity contribution in [1.29, 1.82) is 0 Å². The maximum atomic E-state index is 13.6. The van der Waals surface area contributed by atoms with Crippen LogP contribution in [-0.2, 0) is 6.42 Å². The zero-order chi connectivity index (χ0) is 13.1. The van der Waals surface area contributed by atoms with Crippen LogP contribution >= 0.6 is 15.9 Å². The molecule has 1 aromatic heterocycles. The molecule has 0 bridgehead atoms. The quantitative estimate of drug-likeness (QED) is 0.673. The maximum absolute atomic E-state index is 13.6. The van der Waals surface area contributed by atoms with Crippen LogP contribution in [0.5, 0.6) is 0 Å². The highest BCUT2D eigenvalue weighted by molar-refractivity contribution is 9.10. The van der Waals surface area contributed by atoms with E-state index in [1.807, 2.05) is 0 Å². The largest absolute Gasteiger partial charge is 0.466 e. The molecule has 2 aromatic rings. The third-order valence-corrected chi connectivity index (χ3v) is 3.27. The minimum Gasteiger partial charge on any atom is -0.466 e. The zero-order valence-electron chi connectivity index (χ0n) is 9.29. The summed E-state index contributed by atoms with van der Waals surface area (Å²) in [6, 6.07) is 5.32. The fraction of sp³-hybridized carbons (Fsp3) is 0.167. The second kappa shape index (κ2) is 5.60. The molecular formula is C12H11BrF2N2O. The Morgan fingerprint density at radius 1 is 1.33 bits per heavy atom. The summed E-state index contributed by atoms with van der Waals surface area (Å²) in [5, 5.41) is 0. The van der Waals surface area contributed by atoms with Gasteiger partial charge in [-0.15, -0.1) is 0 Å². The Morgan fingerprint density at radius 2 is 2.11 bits per heavy atom. The van der Waals surface area contributed by atoms with Gasteiger partial charge in [-0.25, -0.2) is 14.2 Å². The molecule has 0 amide bonds. The highest BCUT2D eigenvalue weighted by Gasteiger charge is 2.19. The fourth-order valence-corrected chi connectivity index (χ4v) is 2.19. The van der Waals surface area contributed by atoms with Gasteiger partial charge in [-0.05, 0) is 40.0 Å². The van der Waals surface area contributed by atoms with Gasteiger partial charge in [-0.1, -0.05) is 12.1 Å². The van der Waals surface area contributed by atoms with Crippen LogP contribution in [0.3, 0.4) is 0 Å². The molecule has 2 rings (SSSR count). The summed E-state index contributed by atoms with van der Waals surface area (Å²) in [6.45, 7) is 0. The third kappa shape index (κ3) is 2.60. The third-order valence-electron chi connectivity index (χ3n) is 2.62. The van der Waals surface area contributed by atoms with Crippen molar-refractivity contribution >= 4 is 15.9 Å². The van der Waals surface area contributed by atoms with Crippen molar-refractivity contribution in [2.24, 2.45) is 5.84 Å². The molecule has 1 atom stereocenters. The Kier molecular flexibility index (Phi) is 4.11. The van der Waals surface area contributed by atoms with Crippen molar-refractivity contribution < 1.29 is 13.2 Å². The Hall–Kier alpha value is -1.24. The summed E-state index contributed by atoms with van der Waals surface area (Å²) in [5.41, 5.74) is 2.76. The van der Waals surface area contributed by atoms with Crippen LogP contribution in [-0.4, -0.2) is 0 Å². The van der Waals surface area contributed by atoms with Crippen molar-refractivity contribution in [2.45, 2.75) is 12.5 Å². The topological polar surface area (TPSA) is 51.2 Å². The first-order valence-corrected chi connectivity index (χ1v) is 6.04. The molecule has 1 heterocycles. The predicted molar refractivity (Wildman–Crippen MR) is 66.5 cm³/mol. The Balaban J connectivity index is 2.26. The van der Waals surface area contributed by atoms with Crippen LogP contribution in [0.1, 0.15) is 17.4 Å². The lowest BCUT2D eigenvalue weighted by Gasteiger charge is -2.14. The van der Waals surface area contributed by atoms with Crippen molar-refractivity contribution in [1.82, 2.24) is 5.43 Å². The number of hydrogen-bond donors (Lipinski definition) is 2. The molecule has 0 spiro atoms. The summed E-state index contributed by atoms with van der Waals surface area (Å²) in [4.78, 5) is 0. The van der Waals surface area contributed by atoms with E-state index < -0.39 is 17.7 Å². The summed E-state index contributed by atoms with van der Waals surface area (Å²) in [7, 11) is 0. The van der Waals surface area contributed by atoms with Gasteiger partial charge in [-0.3, -0.25) is 5.84 Å². The highest BCUT2D eigenvalue weighted by atomic mass is 79.9. The van der Waals surface area contributed by atoms with E-state index in [0.29, 0.717) is 5.76 Å². The summed E-state index contributed by atoms with van der Waals surface area (Å²) in [5.74, 6) is 4.23. The Labute approximate surface area is 111 Å². The molecule has 1 aromatic carbocycles. The fourth-order valence-electron chi connectivity index (χ4n) is 1.71. The van der Waals surface area contributed by atoms with Crippen LogP contribution in [0.2, 0.25) is 0 Å². The number of hydrogen-bond acceptors (Lipinski definition) is 3. The van der Waals surface area contributed by atoms with Gasteiger partial charge in [0, 0.05) is 0 Å². The minimum absolute atomic E-state index is 0.187. The van der Waals surface area contributed by atoms with Gasteiger partial charge in [-0.2, -0.15) is 0 Å². The lowest BCUT2D eigenvalue weighted by Crippen LogP contribution is -2.29. The average molecular weight is 317 g/mol. The van der Waals surface area contributed by atoms with Gasteiger partial charge >= 0.3 is 0 Å². The van der Waals surface area contributed by atoms with Crippen molar-refractivity contribution in [2.75, 3.05) is 0 Å². The van der Waals surface area contributed by atoms with Crippen LogP contribution in [0.4, 0.5) is 8.78 Å². The van der Waals surface area contributed by atoms with Gasteiger partial charge < -0.3 is 4.42 Å². The standard InChI is InChI=1S/C12H11BrF2N2O/c13-8-4-5-18-12(8)10(17-16)6-7-2-1-3-9(14)11(7)15/h1-5,10,17H,6,16H2. The number of furan rings is 1. The molecule has 0 aliphatic heterocycles. The van der Waals surface area contributed by atoms with E-state index in [0.717, 1.165) is 10.5 Å². The van der Waals surface area contributed by atoms with E-state index in [-0.39, 0.29) is 12.0 Å². The van der Waals surface area contributed by atoms with Crippen LogP contribution in [0, 0.1) is 11.6 Å².